The highest BCUT2D eigenvalue weighted by molar-refractivity contribution is 5.63. The molecular formula is C9H11NO2. The Kier molecular flexibility index (Phi) is 2.80. The van der Waals surface area contributed by atoms with Crippen LogP contribution in [0.2, 0.25) is 0 Å². The summed E-state index contributed by atoms with van der Waals surface area (Å²) in [4.78, 5) is 10.2. The van der Waals surface area contributed by atoms with Crippen molar-refractivity contribution in [1.29, 1.82) is 0 Å². The smallest absolute Gasteiger partial charge is 0.178 e. The molecule has 0 fully saturated rings. The van der Waals surface area contributed by atoms with E-state index in [9.17, 15) is 9.90 Å². The maximum Gasteiger partial charge on any atom is 0.178 e. The SMILES string of the molecule is Cc1cccc[n+]1CCC(=O)[O-]. The van der Waals surface area contributed by atoms with Crippen LogP contribution < -0.4 is 9.67 Å². The van der Waals surface area contributed by atoms with E-state index >= 15 is 0 Å². The lowest BCUT2D eigenvalue weighted by Crippen LogP contribution is -2.39. The van der Waals surface area contributed by atoms with Crippen molar-refractivity contribution in [2.45, 2.75) is 19.9 Å². The molecule has 0 aliphatic heterocycles. The summed E-state index contributed by atoms with van der Waals surface area (Å²) < 4.78 is 1.88. The van der Waals surface area contributed by atoms with E-state index in [0.29, 0.717) is 6.54 Å². The van der Waals surface area contributed by atoms with E-state index in [1.165, 1.54) is 0 Å². The number of hydrogen-bond donors (Lipinski definition) is 0. The van der Waals surface area contributed by atoms with Crippen molar-refractivity contribution in [3.8, 4) is 0 Å². The number of aliphatic carboxylic acids is 1. The van der Waals surface area contributed by atoms with E-state index in [2.05, 4.69) is 0 Å². The zero-order valence-electron chi connectivity index (χ0n) is 6.99. The molecule has 0 spiro atoms. The zero-order chi connectivity index (χ0) is 8.97. The normalized spacial score (nSPS) is 9.75. The molecule has 3 nitrogen and oxygen atoms in total. The van der Waals surface area contributed by atoms with E-state index < -0.39 is 5.97 Å². The molecule has 0 bridgehead atoms. The Hall–Kier alpha value is -1.38. The summed E-state index contributed by atoms with van der Waals surface area (Å²) in [5.74, 6) is -1.01. The highest BCUT2D eigenvalue weighted by Gasteiger charge is 2.02. The first-order valence-electron chi connectivity index (χ1n) is 3.85. The molecule has 0 radical (unpaired) electrons. The number of hydrogen-bond acceptors (Lipinski definition) is 2. The van der Waals surface area contributed by atoms with Gasteiger partial charge in [-0.1, -0.05) is 6.07 Å². The van der Waals surface area contributed by atoms with Crippen molar-refractivity contribution in [3.63, 3.8) is 0 Å². The van der Waals surface area contributed by atoms with Crippen molar-refractivity contribution in [1.82, 2.24) is 0 Å². The Labute approximate surface area is 71.3 Å². The third-order valence-electron chi connectivity index (χ3n) is 1.72. The van der Waals surface area contributed by atoms with Crippen molar-refractivity contribution in [2.24, 2.45) is 0 Å². The molecule has 0 N–H and O–H groups in total. The highest BCUT2D eigenvalue weighted by Crippen LogP contribution is 1.88. The Balaban J connectivity index is 2.63. The van der Waals surface area contributed by atoms with Gasteiger partial charge in [0, 0.05) is 31.4 Å². The van der Waals surface area contributed by atoms with Crippen LogP contribution in [-0.4, -0.2) is 5.97 Å². The second-order valence-electron chi connectivity index (χ2n) is 2.66. The van der Waals surface area contributed by atoms with Crippen LogP contribution in [0, 0.1) is 6.92 Å². The van der Waals surface area contributed by atoms with E-state index in [0.717, 1.165) is 5.69 Å². The first-order valence-corrected chi connectivity index (χ1v) is 3.85. The topological polar surface area (TPSA) is 44.0 Å². The first kappa shape index (κ1) is 8.71. The molecule has 3 heteroatoms. The number of nitrogens with zero attached hydrogens (tertiary/aromatic N) is 1. The van der Waals surface area contributed by atoms with Gasteiger partial charge < -0.3 is 9.90 Å². The van der Waals surface area contributed by atoms with Crippen LogP contribution in [0.15, 0.2) is 24.4 Å². The summed E-state index contributed by atoms with van der Waals surface area (Å²) in [5.41, 5.74) is 1.05. The number of carbonyl (C=O) groups excluding carboxylic acids is 1. The number of carboxylic acid groups (broad SMARTS) is 1. The van der Waals surface area contributed by atoms with Crippen LogP contribution in [0.3, 0.4) is 0 Å². The maximum atomic E-state index is 10.2. The van der Waals surface area contributed by atoms with E-state index in [1.54, 1.807) is 0 Å². The molecule has 0 saturated heterocycles. The molecule has 12 heavy (non-hydrogen) atoms. The van der Waals surface area contributed by atoms with E-state index in [-0.39, 0.29) is 6.42 Å². The molecular weight excluding hydrogens is 154 g/mol. The van der Waals surface area contributed by atoms with Crippen LogP contribution in [0.5, 0.6) is 0 Å². The minimum Gasteiger partial charge on any atom is -0.550 e. The van der Waals surface area contributed by atoms with Gasteiger partial charge in [-0.25, -0.2) is 4.57 Å². The van der Waals surface area contributed by atoms with Crippen molar-refractivity contribution in [3.05, 3.63) is 30.1 Å². The summed E-state index contributed by atoms with van der Waals surface area (Å²) in [5, 5.41) is 10.2. The molecule has 0 aromatic carbocycles. The lowest BCUT2D eigenvalue weighted by molar-refractivity contribution is -0.702. The molecule has 64 valence electrons. The minimum absolute atomic E-state index is 0.0650. The van der Waals surface area contributed by atoms with Crippen LogP contribution in [0.1, 0.15) is 12.1 Å². The third kappa shape index (κ3) is 2.34. The average molecular weight is 165 g/mol. The second kappa shape index (κ2) is 3.85. The van der Waals surface area contributed by atoms with Crippen molar-refractivity contribution < 1.29 is 14.5 Å². The first-order chi connectivity index (χ1) is 5.70. The zero-order valence-corrected chi connectivity index (χ0v) is 6.99. The number of aromatic nitrogens is 1. The molecule has 0 aliphatic rings. The Morgan fingerprint density at radius 1 is 1.58 bits per heavy atom. The molecule has 1 heterocycles. The van der Waals surface area contributed by atoms with Gasteiger partial charge in [0.2, 0.25) is 0 Å². The molecule has 1 rings (SSSR count). The lowest BCUT2D eigenvalue weighted by atomic mass is 10.3. The van der Waals surface area contributed by atoms with Gasteiger partial charge in [-0.2, -0.15) is 0 Å². The molecule has 0 atom stereocenters. The van der Waals surface area contributed by atoms with Crippen molar-refractivity contribution >= 4 is 5.97 Å². The summed E-state index contributed by atoms with van der Waals surface area (Å²) >= 11 is 0. The number of carbonyl (C=O) groups is 1. The molecule has 0 saturated carbocycles. The number of aryl methyl sites for hydroxylation is 2. The number of carboxylic acids is 1. The highest BCUT2D eigenvalue weighted by atomic mass is 16.4. The van der Waals surface area contributed by atoms with Gasteiger partial charge >= 0.3 is 0 Å². The van der Waals surface area contributed by atoms with Crippen LogP contribution in [0.4, 0.5) is 0 Å². The third-order valence-corrected chi connectivity index (χ3v) is 1.72. The number of rotatable bonds is 3. The van der Waals surface area contributed by atoms with Crippen LogP contribution in [-0.2, 0) is 11.3 Å². The Morgan fingerprint density at radius 2 is 2.33 bits per heavy atom. The molecule has 1 aromatic heterocycles. The summed E-state index contributed by atoms with van der Waals surface area (Å²) in [6, 6.07) is 5.74. The number of pyridine rings is 1. The maximum absolute atomic E-state index is 10.2. The Bertz CT molecular complexity index is 284. The predicted molar refractivity (Wildman–Crippen MR) is 41.0 cm³/mol. The quantitative estimate of drug-likeness (QED) is 0.562. The van der Waals surface area contributed by atoms with Gasteiger partial charge in [0.1, 0.15) is 0 Å². The predicted octanol–water partition coefficient (Wildman–Crippen LogP) is -0.577. The van der Waals surface area contributed by atoms with Gasteiger partial charge in [0.25, 0.3) is 0 Å². The van der Waals surface area contributed by atoms with E-state index in [1.807, 2.05) is 35.9 Å². The van der Waals surface area contributed by atoms with Crippen LogP contribution in [0.25, 0.3) is 0 Å². The molecule has 1 aromatic rings. The average Bonchev–Trinajstić information content (AvgIpc) is 2.03. The van der Waals surface area contributed by atoms with Gasteiger partial charge in [0.05, 0.1) is 0 Å². The van der Waals surface area contributed by atoms with Gasteiger partial charge in [-0.15, -0.1) is 0 Å². The van der Waals surface area contributed by atoms with Gasteiger partial charge in [-0.3, -0.25) is 0 Å². The van der Waals surface area contributed by atoms with Gasteiger partial charge in [-0.05, 0) is 0 Å². The summed E-state index contributed by atoms with van der Waals surface area (Å²) in [6.07, 6.45) is 1.92. The summed E-state index contributed by atoms with van der Waals surface area (Å²) in [7, 11) is 0. The Morgan fingerprint density at radius 3 is 2.92 bits per heavy atom. The van der Waals surface area contributed by atoms with E-state index in [4.69, 9.17) is 0 Å². The standard InChI is InChI=1S/C9H11NO2/c1-8-4-2-3-6-10(8)7-5-9(11)12/h2-4,6H,5,7H2,1H3. The lowest BCUT2D eigenvalue weighted by Gasteiger charge is -2.00. The van der Waals surface area contributed by atoms with Crippen molar-refractivity contribution in [2.75, 3.05) is 0 Å². The second-order valence-corrected chi connectivity index (χ2v) is 2.66. The molecule has 0 amide bonds. The molecule has 0 aliphatic carbocycles. The fourth-order valence-electron chi connectivity index (χ4n) is 1.02. The molecule has 0 unspecified atom stereocenters. The van der Waals surface area contributed by atoms with Crippen LogP contribution >= 0.6 is 0 Å². The fourth-order valence-corrected chi connectivity index (χ4v) is 1.02. The van der Waals surface area contributed by atoms with Gasteiger partial charge in [0.15, 0.2) is 18.4 Å². The summed E-state index contributed by atoms with van der Waals surface area (Å²) in [6.45, 7) is 2.42. The fraction of sp³-hybridized carbons (Fsp3) is 0.333. The largest absolute Gasteiger partial charge is 0.550 e. The monoisotopic (exact) mass is 165 g/mol. The minimum atomic E-state index is -1.01.